The topological polar surface area (TPSA) is 94.5 Å². The lowest BCUT2D eigenvalue weighted by Crippen LogP contribution is -2.52. The van der Waals surface area contributed by atoms with Crippen LogP contribution in [0.15, 0.2) is 66.7 Å². The van der Waals surface area contributed by atoms with E-state index in [0.717, 1.165) is 12.1 Å². The second-order valence-corrected chi connectivity index (χ2v) is 8.70. The number of hydrogen-bond acceptors (Lipinski definition) is 7. The molecule has 8 heteroatoms. The van der Waals surface area contributed by atoms with E-state index in [0.29, 0.717) is 16.9 Å². The molecule has 3 aromatic rings. The van der Waals surface area contributed by atoms with Crippen molar-refractivity contribution in [2.75, 3.05) is 21.3 Å². The number of hydrogen-bond donors (Lipinski definition) is 2. The van der Waals surface area contributed by atoms with Gasteiger partial charge in [-0.2, -0.15) is 0 Å². The van der Waals surface area contributed by atoms with Crippen molar-refractivity contribution in [3.8, 4) is 17.2 Å². The first-order chi connectivity index (χ1) is 16.8. The highest BCUT2D eigenvalue weighted by Crippen LogP contribution is 2.70. The van der Waals surface area contributed by atoms with Crippen LogP contribution in [0.5, 0.6) is 17.2 Å². The van der Waals surface area contributed by atoms with Gasteiger partial charge in [0, 0.05) is 18.1 Å². The predicted octanol–water partition coefficient (Wildman–Crippen LogP) is 3.27. The first-order valence-electron chi connectivity index (χ1n) is 11.1. The lowest BCUT2D eigenvalue weighted by Gasteiger charge is -2.40. The molecule has 0 radical (unpaired) electrons. The average Bonchev–Trinajstić information content (AvgIpc) is 3.26. The van der Waals surface area contributed by atoms with Crippen molar-refractivity contribution in [1.29, 1.82) is 0 Å². The number of halogens is 1. The molecule has 0 spiro atoms. The van der Waals surface area contributed by atoms with Gasteiger partial charge in [-0.1, -0.05) is 42.5 Å². The quantitative estimate of drug-likeness (QED) is 0.542. The monoisotopic (exact) mass is 480 g/mol. The van der Waals surface area contributed by atoms with Crippen molar-refractivity contribution in [2.45, 2.75) is 23.2 Å². The van der Waals surface area contributed by atoms with Gasteiger partial charge >= 0.3 is 5.97 Å². The SMILES string of the molecule is COC(=O)[C@H]1[C@@H](O)[C@@]2(O)c3c(OC)cc(F)cc3O[C@@]2(c2ccc(OC)cc2)[C@@H]1c1ccccc1. The van der Waals surface area contributed by atoms with Crippen molar-refractivity contribution in [1.82, 2.24) is 0 Å². The second-order valence-electron chi connectivity index (χ2n) is 8.70. The molecule has 1 aliphatic heterocycles. The number of carbonyl (C=O) groups is 1. The molecule has 0 bridgehead atoms. The molecule has 182 valence electrons. The summed E-state index contributed by atoms with van der Waals surface area (Å²) in [5.41, 5.74) is -2.78. The van der Waals surface area contributed by atoms with Crippen molar-refractivity contribution in [2.24, 2.45) is 5.92 Å². The zero-order chi connectivity index (χ0) is 25.0. The summed E-state index contributed by atoms with van der Waals surface area (Å²) in [6.45, 7) is 0. The molecule has 2 aliphatic rings. The number of esters is 1. The van der Waals surface area contributed by atoms with E-state index >= 15 is 0 Å². The average molecular weight is 480 g/mol. The zero-order valence-electron chi connectivity index (χ0n) is 19.4. The van der Waals surface area contributed by atoms with Gasteiger partial charge in [-0.05, 0) is 23.3 Å². The molecule has 0 amide bonds. The molecular weight excluding hydrogens is 455 g/mol. The molecule has 1 aliphatic carbocycles. The lowest BCUT2D eigenvalue weighted by molar-refractivity contribution is -0.161. The van der Waals surface area contributed by atoms with Gasteiger partial charge in [-0.15, -0.1) is 0 Å². The molecule has 35 heavy (non-hydrogen) atoms. The zero-order valence-corrected chi connectivity index (χ0v) is 19.4. The van der Waals surface area contributed by atoms with Crippen LogP contribution < -0.4 is 14.2 Å². The van der Waals surface area contributed by atoms with Gasteiger partial charge in [0.15, 0.2) is 11.2 Å². The van der Waals surface area contributed by atoms with Crippen LogP contribution in [-0.4, -0.2) is 43.6 Å². The summed E-state index contributed by atoms with van der Waals surface area (Å²) in [7, 11) is 4.08. The Morgan fingerprint density at radius 3 is 2.29 bits per heavy atom. The van der Waals surface area contributed by atoms with Gasteiger partial charge in [0.25, 0.3) is 0 Å². The molecule has 0 aromatic heterocycles. The molecule has 3 aromatic carbocycles. The van der Waals surface area contributed by atoms with E-state index in [1.54, 1.807) is 48.5 Å². The van der Waals surface area contributed by atoms with Crippen LogP contribution in [0.2, 0.25) is 0 Å². The summed E-state index contributed by atoms with van der Waals surface area (Å²) in [5.74, 6) is -2.90. The minimum absolute atomic E-state index is 0.00531. The molecular formula is C27H25FO7. The summed E-state index contributed by atoms with van der Waals surface area (Å²) < 4.78 is 36.8. The third-order valence-electron chi connectivity index (χ3n) is 7.19. The summed E-state index contributed by atoms with van der Waals surface area (Å²) in [6.07, 6.45) is -1.68. The van der Waals surface area contributed by atoms with Gasteiger partial charge in [-0.3, -0.25) is 4.79 Å². The highest BCUT2D eigenvalue weighted by molar-refractivity contribution is 5.78. The summed E-state index contributed by atoms with van der Waals surface area (Å²) in [4.78, 5) is 13.1. The number of aliphatic hydroxyl groups is 2. The molecule has 0 saturated heterocycles. The lowest BCUT2D eigenvalue weighted by atomic mass is 9.70. The van der Waals surface area contributed by atoms with Crippen LogP contribution in [0.3, 0.4) is 0 Å². The third kappa shape index (κ3) is 3.00. The number of fused-ring (bicyclic) bond motifs is 3. The Morgan fingerprint density at radius 1 is 1.00 bits per heavy atom. The Morgan fingerprint density at radius 2 is 1.69 bits per heavy atom. The Labute approximate surface area is 201 Å². The maximum atomic E-state index is 14.5. The first-order valence-corrected chi connectivity index (χ1v) is 11.1. The van der Waals surface area contributed by atoms with E-state index in [1.807, 2.05) is 6.07 Å². The van der Waals surface area contributed by atoms with Crippen LogP contribution in [0.4, 0.5) is 4.39 Å². The fraction of sp³-hybridized carbons (Fsp3) is 0.296. The number of aliphatic hydroxyl groups excluding tert-OH is 1. The maximum Gasteiger partial charge on any atom is 0.312 e. The fourth-order valence-electron chi connectivity index (χ4n) is 5.78. The Balaban J connectivity index is 1.88. The van der Waals surface area contributed by atoms with E-state index in [4.69, 9.17) is 18.9 Å². The van der Waals surface area contributed by atoms with Gasteiger partial charge in [0.05, 0.1) is 32.8 Å². The van der Waals surface area contributed by atoms with E-state index < -0.39 is 40.9 Å². The van der Waals surface area contributed by atoms with Crippen molar-refractivity contribution < 1.29 is 38.3 Å². The molecule has 1 saturated carbocycles. The molecule has 1 heterocycles. The predicted molar refractivity (Wildman–Crippen MR) is 123 cm³/mol. The molecule has 5 atom stereocenters. The highest BCUT2D eigenvalue weighted by Gasteiger charge is 2.78. The van der Waals surface area contributed by atoms with Crippen molar-refractivity contribution in [3.05, 3.63) is 89.2 Å². The third-order valence-corrected chi connectivity index (χ3v) is 7.19. The van der Waals surface area contributed by atoms with E-state index in [-0.39, 0.29) is 17.1 Å². The fourth-order valence-corrected chi connectivity index (χ4v) is 5.78. The number of methoxy groups -OCH3 is 3. The van der Waals surface area contributed by atoms with Crippen molar-refractivity contribution >= 4 is 5.97 Å². The summed E-state index contributed by atoms with van der Waals surface area (Å²) >= 11 is 0. The number of benzene rings is 3. The molecule has 2 N–H and O–H groups in total. The smallest absolute Gasteiger partial charge is 0.312 e. The molecule has 1 fully saturated rings. The normalized spacial score (nSPS) is 28.6. The van der Waals surface area contributed by atoms with E-state index in [2.05, 4.69) is 0 Å². The Kier molecular flexibility index (Phi) is 5.45. The minimum Gasteiger partial charge on any atom is -0.497 e. The van der Waals surface area contributed by atoms with Gasteiger partial charge in [0.1, 0.15) is 29.2 Å². The number of ether oxygens (including phenoxy) is 4. The Hall–Kier alpha value is -3.62. The summed E-state index contributed by atoms with van der Waals surface area (Å²) in [5, 5.41) is 24.2. The second kappa shape index (κ2) is 8.25. The maximum absolute atomic E-state index is 14.5. The number of rotatable bonds is 5. The van der Waals surface area contributed by atoms with Crippen molar-refractivity contribution in [3.63, 3.8) is 0 Å². The number of carbonyl (C=O) groups excluding carboxylic acids is 1. The Bertz CT molecular complexity index is 1260. The van der Waals surface area contributed by atoms with Gasteiger partial charge in [0.2, 0.25) is 0 Å². The molecule has 7 nitrogen and oxygen atoms in total. The van der Waals surface area contributed by atoms with Crippen LogP contribution in [0, 0.1) is 11.7 Å². The van der Waals surface area contributed by atoms with Crippen LogP contribution in [0.25, 0.3) is 0 Å². The molecule has 0 unspecified atom stereocenters. The largest absolute Gasteiger partial charge is 0.497 e. The minimum atomic E-state index is -2.20. The first kappa shape index (κ1) is 23.1. The highest BCUT2D eigenvalue weighted by atomic mass is 19.1. The van der Waals surface area contributed by atoms with Gasteiger partial charge in [-0.25, -0.2) is 4.39 Å². The van der Waals surface area contributed by atoms with E-state index in [1.165, 1.54) is 21.3 Å². The van der Waals surface area contributed by atoms with Crippen LogP contribution >= 0.6 is 0 Å². The van der Waals surface area contributed by atoms with Gasteiger partial charge < -0.3 is 29.2 Å². The molecule has 5 rings (SSSR count). The van der Waals surface area contributed by atoms with Crippen LogP contribution in [-0.2, 0) is 20.7 Å². The van der Waals surface area contributed by atoms with Crippen LogP contribution in [0.1, 0.15) is 22.6 Å². The van der Waals surface area contributed by atoms with E-state index in [9.17, 15) is 19.4 Å². The standard InChI is InChI=1S/C27H25FO7/c1-32-18-11-9-16(10-12-18)27-22(15-7-5-4-6-8-15)21(25(30)34-3)24(29)26(27,31)23-19(33-2)13-17(28)14-20(23)35-27/h4-14,21-22,24,29,31H,1-3H3/t21-,22-,24-,26+,27+/m1/s1. The summed E-state index contributed by atoms with van der Waals surface area (Å²) in [6, 6.07) is 18.0.